The molecule has 0 radical (unpaired) electrons. The summed E-state index contributed by atoms with van der Waals surface area (Å²) in [5.74, 6) is 0.841. The van der Waals surface area contributed by atoms with Gasteiger partial charge in [-0.15, -0.1) is 0 Å². The highest BCUT2D eigenvalue weighted by molar-refractivity contribution is 4.91. The first kappa shape index (κ1) is 9.41. The van der Waals surface area contributed by atoms with Crippen LogP contribution >= 0.6 is 0 Å². The smallest absolute Gasteiger partial charge is 0.0906 e. The zero-order valence-corrected chi connectivity index (χ0v) is 8.14. The highest BCUT2D eigenvalue weighted by atomic mass is 19.1. The topological polar surface area (TPSA) is 15.3 Å². The standard InChI is InChI=1S/C10H19FN2/c11-4-2-6-13-7-9-3-1-5-12-10(9)8-13/h9-10,12H,1-8H2/t9-,10?/m1/s1. The van der Waals surface area contributed by atoms with Gasteiger partial charge < -0.3 is 10.2 Å². The Hall–Kier alpha value is -0.150. The Bertz CT molecular complexity index is 149. The van der Waals surface area contributed by atoms with Crippen molar-refractivity contribution in [2.75, 3.05) is 32.9 Å². The number of hydrogen-bond donors (Lipinski definition) is 1. The lowest BCUT2D eigenvalue weighted by molar-refractivity contribution is 0.299. The van der Waals surface area contributed by atoms with E-state index in [4.69, 9.17) is 0 Å². The minimum atomic E-state index is -0.167. The molecule has 0 aromatic heterocycles. The number of halogens is 1. The van der Waals surface area contributed by atoms with Crippen LogP contribution in [0.4, 0.5) is 4.39 Å². The van der Waals surface area contributed by atoms with Crippen LogP contribution in [0, 0.1) is 5.92 Å². The predicted octanol–water partition coefficient (Wildman–Crippen LogP) is 1.03. The van der Waals surface area contributed by atoms with Crippen LogP contribution in [0.15, 0.2) is 0 Å². The van der Waals surface area contributed by atoms with Gasteiger partial charge in [0.15, 0.2) is 0 Å². The Morgan fingerprint density at radius 2 is 2.31 bits per heavy atom. The number of hydrogen-bond acceptors (Lipinski definition) is 2. The summed E-state index contributed by atoms with van der Waals surface area (Å²) in [6, 6.07) is 0.702. The van der Waals surface area contributed by atoms with E-state index < -0.39 is 0 Å². The number of fused-ring (bicyclic) bond motifs is 1. The summed E-state index contributed by atoms with van der Waals surface area (Å²) in [7, 11) is 0. The summed E-state index contributed by atoms with van der Waals surface area (Å²) in [5.41, 5.74) is 0. The van der Waals surface area contributed by atoms with Gasteiger partial charge in [-0.1, -0.05) is 0 Å². The van der Waals surface area contributed by atoms with Gasteiger partial charge in [0.05, 0.1) is 6.67 Å². The minimum absolute atomic E-state index is 0.167. The number of likely N-dealkylation sites (tertiary alicyclic amines) is 1. The number of alkyl halides is 1. The largest absolute Gasteiger partial charge is 0.312 e. The molecule has 0 spiro atoms. The van der Waals surface area contributed by atoms with Gasteiger partial charge in [-0.3, -0.25) is 4.39 Å². The summed E-state index contributed by atoms with van der Waals surface area (Å²) in [6.07, 6.45) is 3.39. The highest BCUT2D eigenvalue weighted by Gasteiger charge is 2.33. The van der Waals surface area contributed by atoms with Gasteiger partial charge in [0, 0.05) is 25.7 Å². The Labute approximate surface area is 79.5 Å². The van der Waals surface area contributed by atoms with E-state index >= 15 is 0 Å². The molecule has 0 bridgehead atoms. The summed E-state index contributed by atoms with van der Waals surface area (Å²) in [4.78, 5) is 2.41. The third-order valence-electron chi connectivity index (χ3n) is 3.28. The number of piperidine rings is 1. The first-order valence-electron chi connectivity index (χ1n) is 5.42. The molecule has 2 atom stereocenters. The molecular weight excluding hydrogens is 167 g/mol. The fourth-order valence-electron chi connectivity index (χ4n) is 2.60. The molecule has 2 rings (SSSR count). The maximum Gasteiger partial charge on any atom is 0.0906 e. The van der Waals surface area contributed by atoms with Crippen LogP contribution in [0.3, 0.4) is 0 Å². The molecule has 2 aliphatic heterocycles. The van der Waals surface area contributed by atoms with E-state index in [0.29, 0.717) is 12.5 Å². The minimum Gasteiger partial charge on any atom is -0.312 e. The van der Waals surface area contributed by atoms with Crippen molar-refractivity contribution in [2.24, 2.45) is 5.92 Å². The van der Waals surface area contributed by atoms with Gasteiger partial charge in [0.2, 0.25) is 0 Å². The molecule has 0 aliphatic carbocycles. The SMILES string of the molecule is FCCCN1CC2NCCC[C@@H]2C1. The van der Waals surface area contributed by atoms with Gasteiger partial charge in [-0.2, -0.15) is 0 Å². The zero-order valence-electron chi connectivity index (χ0n) is 8.14. The van der Waals surface area contributed by atoms with E-state index in [1.54, 1.807) is 0 Å². The number of rotatable bonds is 3. The first-order valence-corrected chi connectivity index (χ1v) is 5.42. The van der Waals surface area contributed by atoms with E-state index in [1.165, 1.54) is 25.9 Å². The van der Waals surface area contributed by atoms with E-state index in [1.807, 2.05) is 0 Å². The molecule has 0 saturated carbocycles. The molecular formula is C10H19FN2. The lowest BCUT2D eigenvalue weighted by Gasteiger charge is -2.24. The number of nitrogens with one attached hydrogen (secondary N) is 1. The average Bonchev–Trinajstić information content (AvgIpc) is 2.57. The summed E-state index contributed by atoms with van der Waals surface area (Å²) in [5, 5.41) is 3.55. The van der Waals surface area contributed by atoms with Crippen molar-refractivity contribution in [3.8, 4) is 0 Å². The van der Waals surface area contributed by atoms with E-state index in [0.717, 1.165) is 19.0 Å². The summed E-state index contributed by atoms with van der Waals surface area (Å²) in [6.45, 7) is 4.30. The lowest BCUT2D eigenvalue weighted by atomic mass is 9.94. The molecule has 2 aliphatic rings. The van der Waals surface area contributed by atoms with Gasteiger partial charge in [-0.05, 0) is 31.7 Å². The summed E-state index contributed by atoms with van der Waals surface area (Å²) < 4.78 is 12.0. The lowest BCUT2D eigenvalue weighted by Crippen LogP contribution is -2.40. The maximum absolute atomic E-state index is 12.0. The van der Waals surface area contributed by atoms with Crippen molar-refractivity contribution in [2.45, 2.75) is 25.3 Å². The summed E-state index contributed by atoms with van der Waals surface area (Å²) >= 11 is 0. The Balaban J connectivity index is 1.77. The van der Waals surface area contributed by atoms with Crippen LogP contribution in [-0.2, 0) is 0 Å². The molecule has 1 N–H and O–H groups in total. The van der Waals surface area contributed by atoms with Crippen molar-refractivity contribution in [1.82, 2.24) is 10.2 Å². The van der Waals surface area contributed by atoms with Gasteiger partial charge >= 0.3 is 0 Å². The van der Waals surface area contributed by atoms with Gasteiger partial charge in [0.1, 0.15) is 0 Å². The quantitative estimate of drug-likeness (QED) is 0.708. The normalized spacial score (nSPS) is 34.8. The molecule has 2 saturated heterocycles. The third-order valence-corrected chi connectivity index (χ3v) is 3.28. The van der Waals surface area contributed by atoms with Crippen LogP contribution in [0.1, 0.15) is 19.3 Å². The zero-order chi connectivity index (χ0) is 9.10. The monoisotopic (exact) mass is 186 g/mol. The van der Waals surface area contributed by atoms with Crippen LogP contribution in [0.5, 0.6) is 0 Å². The Morgan fingerprint density at radius 3 is 3.08 bits per heavy atom. The predicted molar refractivity (Wildman–Crippen MR) is 51.5 cm³/mol. The fourth-order valence-corrected chi connectivity index (χ4v) is 2.60. The Morgan fingerprint density at radius 1 is 1.38 bits per heavy atom. The second-order valence-electron chi connectivity index (χ2n) is 4.27. The Kier molecular flexibility index (Phi) is 3.17. The van der Waals surface area contributed by atoms with Crippen molar-refractivity contribution in [3.63, 3.8) is 0 Å². The molecule has 13 heavy (non-hydrogen) atoms. The van der Waals surface area contributed by atoms with Crippen molar-refractivity contribution >= 4 is 0 Å². The second kappa shape index (κ2) is 4.38. The molecule has 0 amide bonds. The maximum atomic E-state index is 12.0. The van der Waals surface area contributed by atoms with Crippen molar-refractivity contribution in [1.29, 1.82) is 0 Å². The van der Waals surface area contributed by atoms with Crippen LogP contribution in [-0.4, -0.2) is 43.8 Å². The van der Waals surface area contributed by atoms with Crippen LogP contribution in [0.2, 0.25) is 0 Å². The van der Waals surface area contributed by atoms with Crippen LogP contribution < -0.4 is 5.32 Å². The van der Waals surface area contributed by atoms with Crippen molar-refractivity contribution in [3.05, 3.63) is 0 Å². The molecule has 2 heterocycles. The molecule has 2 nitrogen and oxygen atoms in total. The van der Waals surface area contributed by atoms with Crippen LogP contribution in [0.25, 0.3) is 0 Å². The number of nitrogens with zero attached hydrogens (tertiary/aromatic N) is 1. The first-order chi connectivity index (χ1) is 6.40. The molecule has 0 aromatic carbocycles. The van der Waals surface area contributed by atoms with E-state index in [9.17, 15) is 4.39 Å². The van der Waals surface area contributed by atoms with E-state index in [-0.39, 0.29) is 6.67 Å². The second-order valence-corrected chi connectivity index (χ2v) is 4.27. The average molecular weight is 186 g/mol. The fraction of sp³-hybridized carbons (Fsp3) is 1.00. The van der Waals surface area contributed by atoms with Crippen molar-refractivity contribution < 1.29 is 4.39 Å². The highest BCUT2D eigenvalue weighted by Crippen LogP contribution is 2.24. The molecule has 76 valence electrons. The van der Waals surface area contributed by atoms with Gasteiger partial charge in [-0.25, -0.2) is 0 Å². The molecule has 3 heteroatoms. The third kappa shape index (κ3) is 2.20. The molecule has 2 fully saturated rings. The van der Waals surface area contributed by atoms with E-state index in [2.05, 4.69) is 10.2 Å². The molecule has 0 aromatic rings. The molecule has 1 unspecified atom stereocenters. The van der Waals surface area contributed by atoms with Gasteiger partial charge in [0.25, 0.3) is 0 Å².